The highest BCUT2D eigenvalue weighted by atomic mass is 127. The van der Waals surface area contributed by atoms with Crippen molar-refractivity contribution in [3.8, 4) is 5.75 Å². The van der Waals surface area contributed by atoms with Crippen molar-refractivity contribution in [2.45, 2.75) is 90.7 Å². The monoisotopic (exact) mass is 584 g/mol. The molecule has 1 aromatic carbocycles. The van der Waals surface area contributed by atoms with Gasteiger partial charge in [0.15, 0.2) is 8.32 Å². The van der Waals surface area contributed by atoms with Crippen molar-refractivity contribution < 1.29 is 14.0 Å². The molecule has 0 saturated carbocycles. The van der Waals surface area contributed by atoms with Gasteiger partial charge in [-0.15, -0.1) is 0 Å². The number of amides is 1. The molecule has 7 heteroatoms. The van der Waals surface area contributed by atoms with Crippen LogP contribution in [0, 0.1) is 6.92 Å². The van der Waals surface area contributed by atoms with Crippen LogP contribution in [0.25, 0.3) is 0 Å². The normalized spacial score (nSPS) is 21.0. The van der Waals surface area contributed by atoms with E-state index in [-0.39, 0.29) is 23.2 Å². The number of nitrogens with zero attached hydrogens (tertiary/aromatic N) is 2. The molecule has 1 amide bonds. The Balaban J connectivity index is 1.98. The lowest BCUT2D eigenvalue weighted by Gasteiger charge is -2.44. The van der Waals surface area contributed by atoms with Crippen LogP contribution in [0.2, 0.25) is 18.1 Å². The third-order valence-corrected chi connectivity index (χ3v) is 12.6. The third kappa shape index (κ3) is 5.61. The number of halogens is 1. The van der Waals surface area contributed by atoms with Crippen molar-refractivity contribution in [3.05, 3.63) is 35.0 Å². The van der Waals surface area contributed by atoms with Crippen LogP contribution in [0.4, 0.5) is 5.69 Å². The highest BCUT2D eigenvalue weighted by Crippen LogP contribution is 2.43. The standard InChI is InChI=1S/C26H41IN2O3Si/c1-18-14-22-25(32-33(7,8)26(3,4)5)28(6)21-16-23(31-13-11-9-10-12-27)19(2)15-20(21)24(30)29(22)17-18/h15-17,22,25H,9-14H2,1-8H3/t22-,25-/m0/s1. The van der Waals surface area contributed by atoms with Gasteiger partial charge >= 0.3 is 0 Å². The molecule has 3 rings (SSSR count). The van der Waals surface area contributed by atoms with Crippen molar-refractivity contribution in [2.24, 2.45) is 0 Å². The lowest BCUT2D eigenvalue weighted by atomic mass is 10.1. The van der Waals surface area contributed by atoms with Gasteiger partial charge in [-0.3, -0.25) is 4.79 Å². The first-order chi connectivity index (χ1) is 15.4. The van der Waals surface area contributed by atoms with Gasteiger partial charge in [-0.05, 0) is 73.7 Å². The Labute approximate surface area is 215 Å². The molecular formula is C26H41IN2O3Si. The summed E-state index contributed by atoms with van der Waals surface area (Å²) >= 11 is 2.42. The molecule has 0 N–H and O–H groups in total. The van der Waals surface area contributed by atoms with Crippen LogP contribution in [-0.4, -0.2) is 49.5 Å². The van der Waals surface area contributed by atoms with E-state index in [0.717, 1.165) is 35.4 Å². The molecule has 0 bridgehead atoms. The Morgan fingerprint density at radius 1 is 1.15 bits per heavy atom. The molecule has 1 aromatic rings. The maximum absolute atomic E-state index is 13.7. The number of benzene rings is 1. The first kappa shape index (κ1) is 26.5. The van der Waals surface area contributed by atoms with Gasteiger partial charge < -0.3 is 19.0 Å². The molecule has 0 fully saturated rings. The maximum atomic E-state index is 13.7. The quantitative estimate of drug-likeness (QED) is 0.144. The lowest BCUT2D eigenvalue weighted by molar-refractivity contribution is 0.0619. The summed E-state index contributed by atoms with van der Waals surface area (Å²) in [6.45, 7) is 16.2. The summed E-state index contributed by atoms with van der Waals surface area (Å²) in [5.41, 5.74) is 3.85. The lowest BCUT2D eigenvalue weighted by Crippen LogP contribution is -2.55. The van der Waals surface area contributed by atoms with Crippen LogP contribution < -0.4 is 9.64 Å². The number of carbonyl (C=O) groups is 1. The van der Waals surface area contributed by atoms with Gasteiger partial charge in [0.2, 0.25) is 0 Å². The molecule has 2 atom stereocenters. The number of carbonyl (C=O) groups excluding carboxylic acids is 1. The molecule has 0 spiro atoms. The molecule has 2 aliphatic rings. The van der Waals surface area contributed by atoms with Crippen LogP contribution in [0.1, 0.15) is 69.3 Å². The van der Waals surface area contributed by atoms with Crippen molar-refractivity contribution in [1.82, 2.24) is 4.90 Å². The third-order valence-electron chi connectivity index (χ3n) is 7.35. The van der Waals surface area contributed by atoms with Gasteiger partial charge in [-0.25, -0.2) is 0 Å². The van der Waals surface area contributed by atoms with Gasteiger partial charge in [0.1, 0.15) is 12.0 Å². The number of ether oxygens (including phenoxy) is 1. The molecule has 2 heterocycles. The smallest absolute Gasteiger partial charge is 0.260 e. The van der Waals surface area contributed by atoms with Crippen molar-refractivity contribution in [3.63, 3.8) is 0 Å². The zero-order valence-corrected chi connectivity index (χ0v) is 24.8. The SMILES string of the molecule is CC1=CN2C(=O)c3cc(C)c(OCCCCCI)cc3N(C)[C@@H](O[Si](C)(C)C(C)(C)C)[C@@H]2C1. The fourth-order valence-electron chi connectivity index (χ4n) is 4.28. The molecule has 0 unspecified atom stereocenters. The predicted molar refractivity (Wildman–Crippen MR) is 148 cm³/mol. The summed E-state index contributed by atoms with van der Waals surface area (Å²) in [7, 11) is -0.00463. The molecule has 5 nitrogen and oxygen atoms in total. The molecule has 2 aliphatic heterocycles. The number of unbranched alkanes of at least 4 members (excludes halogenated alkanes) is 2. The summed E-state index contributed by atoms with van der Waals surface area (Å²) in [6, 6.07) is 4.03. The van der Waals surface area contributed by atoms with Gasteiger partial charge in [0.25, 0.3) is 5.91 Å². The molecular weight excluding hydrogens is 543 g/mol. The average Bonchev–Trinajstić information content (AvgIpc) is 3.09. The molecule has 33 heavy (non-hydrogen) atoms. The van der Waals surface area contributed by atoms with E-state index in [4.69, 9.17) is 9.16 Å². The minimum absolute atomic E-state index is 0.0259. The molecule has 0 radical (unpaired) electrons. The zero-order valence-electron chi connectivity index (χ0n) is 21.6. The van der Waals surface area contributed by atoms with Gasteiger partial charge in [0.05, 0.1) is 23.9 Å². The van der Waals surface area contributed by atoms with E-state index in [9.17, 15) is 4.79 Å². The topological polar surface area (TPSA) is 42.0 Å². The number of rotatable bonds is 8. The first-order valence-corrected chi connectivity index (χ1v) is 16.5. The first-order valence-electron chi connectivity index (χ1n) is 12.1. The van der Waals surface area contributed by atoms with Crippen LogP contribution in [-0.2, 0) is 4.43 Å². The van der Waals surface area contributed by atoms with Crippen LogP contribution in [0.3, 0.4) is 0 Å². The van der Waals surface area contributed by atoms with Crippen LogP contribution >= 0.6 is 22.6 Å². The van der Waals surface area contributed by atoms with Gasteiger partial charge in [-0.2, -0.15) is 0 Å². The largest absolute Gasteiger partial charge is 0.493 e. The number of fused-ring (bicyclic) bond motifs is 2. The van der Waals surface area contributed by atoms with Gasteiger partial charge in [0, 0.05) is 19.3 Å². The molecule has 0 aliphatic carbocycles. The van der Waals surface area contributed by atoms with Crippen LogP contribution in [0.15, 0.2) is 23.9 Å². The minimum Gasteiger partial charge on any atom is -0.493 e. The van der Waals surface area contributed by atoms with E-state index >= 15 is 0 Å². The summed E-state index contributed by atoms with van der Waals surface area (Å²) in [5, 5.41) is 0.0817. The Morgan fingerprint density at radius 2 is 1.85 bits per heavy atom. The summed E-state index contributed by atoms with van der Waals surface area (Å²) < 4.78 is 14.4. The van der Waals surface area contributed by atoms with Gasteiger partial charge in [-0.1, -0.05) is 48.9 Å². The number of hydrogen-bond donors (Lipinski definition) is 0. The van der Waals surface area contributed by atoms with E-state index in [2.05, 4.69) is 81.4 Å². The second-order valence-corrected chi connectivity index (χ2v) is 16.9. The fourth-order valence-corrected chi connectivity index (χ4v) is 6.10. The molecule has 0 saturated heterocycles. The number of anilines is 1. The minimum atomic E-state index is -2.07. The number of hydrogen-bond acceptors (Lipinski definition) is 4. The Kier molecular flexibility index (Phi) is 8.27. The summed E-state index contributed by atoms with van der Waals surface area (Å²) in [5.74, 6) is 0.916. The fraction of sp³-hybridized carbons (Fsp3) is 0.654. The number of alkyl halides is 1. The number of aryl methyl sites for hydroxylation is 1. The Hall–Kier alpha value is -1.06. The zero-order chi connectivity index (χ0) is 24.6. The van der Waals surface area contributed by atoms with E-state index < -0.39 is 8.32 Å². The van der Waals surface area contributed by atoms with E-state index in [1.54, 1.807) is 0 Å². The van der Waals surface area contributed by atoms with Crippen molar-refractivity contribution >= 4 is 42.5 Å². The maximum Gasteiger partial charge on any atom is 0.260 e. The summed E-state index contributed by atoms with van der Waals surface area (Å²) in [6.07, 6.45) is 6.10. The predicted octanol–water partition coefficient (Wildman–Crippen LogP) is 6.90. The second-order valence-electron chi connectivity index (χ2n) is 11.1. The van der Waals surface area contributed by atoms with Crippen LogP contribution in [0.5, 0.6) is 5.75 Å². The highest BCUT2D eigenvalue weighted by molar-refractivity contribution is 14.1. The van der Waals surface area contributed by atoms with E-state index in [0.29, 0.717) is 6.61 Å². The second kappa shape index (κ2) is 10.3. The van der Waals surface area contributed by atoms with E-state index in [1.165, 1.54) is 22.8 Å². The van der Waals surface area contributed by atoms with E-state index in [1.807, 2.05) is 24.1 Å². The highest BCUT2D eigenvalue weighted by Gasteiger charge is 2.47. The summed E-state index contributed by atoms with van der Waals surface area (Å²) in [4.78, 5) is 17.8. The number of likely N-dealkylation sites (N-methyl/N-ethyl adjacent to an activating group) is 1. The van der Waals surface area contributed by atoms with Crippen molar-refractivity contribution in [2.75, 3.05) is 23.0 Å². The molecule has 184 valence electrons. The Bertz CT molecular complexity index is 910. The Morgan fingerprint density at radius 3 is 2.48 bits per heavy atom. The average molecular weight is 585 g/mol. The molecule has 0 aromatic heterocycles. The van der Waals surface area contributed by atoms with Crippen molar-refractivity contribution in [1.29, 1.82) is 0 Å².